The van der Waals surface area contributed by atoms with Crippen molar-refractivity contribution in [2.45, 2.75) is 6.92 Å². The van der Waals surface area contributed by atoms with E-state index in [4.69, 9.17) is 10.5 Å². The minimum absolute atomic E-state index is 0.448. The Morgan fingerprint density at radius 1 is 1.12 bits per heavy atom. The van der Waals surface area contributed by atoms with E-state index >= 15 is 0 Å². The molecule has 0 atom stereocenters. The van der Waals surface area contributed by atoms with Crippen LogP contribution in [0.25, 0.3) is 11.1 Å². The van der Waals surface area contributed by atoms with Crippen LogP contribution in [-0.4, -0.2) is 17.1 Å². The summed E-state index contributed by atoms with van der Waals surface area (Å²) in [5.41, 5.74) is 9.23. The number of nitrogens with zero attached hydrogens (tertiary/aromatic N) is 2. The molecule has 0 spiro atoms. The highest BCUT2D eigenvalue weighted by Gasteiger charge is 2.04. The molecule has 0 aliphatic carbocycles. The van der Waals surface area contributed by atoms with Gasteiger partial charge in [-0.3, -0.25) is 4.98 Å². The van der Waals surface area contributed by atoms with Gasteiger partial charge in [-0.05, 0) is 19.1 Å². The second-order valence-corrected chi connectivity index (χ2v) is 3.51. The fourth-order valence-corrected chi connectivity index (χ4v) is 1.44. The second kappa shape index (κ2) is 4.18. The monoisotopic (exact) mass is 215 g/mol. The fourth-order valence-electron chi connectivity index (χ4n) is 1.44. The second-order valence-electron chi connectivity index (χ2n) is 3.51. The molecule has 2 N–H and O–H groups in total. The van der Waals surface area contributed by atoms with E-state index in [0.717, 1.165) is 16.8 Å². The minimum atomic E-state index is 0.448. The van der Waals surface area contributed by atoms with Crippen molar-refractivity contribution in [3.8, 4) is 17.0 Å². The molecule has 0 radical (unpaired) electrons. The maximum absolute atomic E-state index is 5.79. The number of aromatic nitrogens is 2. The number of anilines is 1. The van der Waals surface area contributed by atoms with Gasteiger partial charge in [0.1, 0.15) is 0 Å². The van der Waals surface area contributed by atoms with Gasteiger partial charge in [0.05, 0.1) is 12.8 Å². The topological polar surface area (TPSA) is 61.0 Å². The molecule has 4 nitrogen and oxygen atoms in total. The van der Waals surface area contributed by atoms with E-state index in [-0.39, 0.29) is 0 Å². The van der Waals surface area contributed by atoms with Crippen LogP contribution in [0.15, 0.2) is 30.6 Å². The molecule has 0 fully saturated rings. The maximum atomic E-state index is 5.79. The summed E-state index contributed by atoms with van der Waals surface area (Å²) in [7, 11) is 1.55. The summed E-state index contributed by atoms with van der Waals surface area (Å²) in [6.07, 6.45) is 3.53. The first-order chi connectivity index (χ1) is 7.70. The Kier molecular flexibility index (Phi) is 2.72. The minimum Gasteiger partial charge on any atom is -0.480 e. The number of nitrogen functional groups attached to an aromatic ring is 1. The number of ether oxygens (including phenoxy) is 1. The lowest BCUT2D eigenvalue weighted by Gasteiger charge is -2.06. The number of hydrogen-bond donors (Lipinski definition) is 1. The van der Waals surface area contributed by atoms with E-state index in [1.807, 2.05) is 25.1 Å². The van der Waals surface area contributed by atoms with Gasteiger partial charge >= 0.3 is 0 Å². The normalized spacial score (nSPS) is 10.1. The highest BCUT2D eigenvalue weighted by atomic mass is 16.5. The Hall–Kier alpha value is -2.10. The fraction of sp³-hybridized carbons (Fsp3) is 0.167. The summed E-state index contributed by atoms with van der Waals surface area (Å²) in [5.74, 6) is 0.448. The van der Waals surface area contributed by atoms with Crippen LogP contribution in [0.5, 0.6) is 5.88 Å². The number of methoxy groups -OCH3 is 1. The SMILES string of the molecule is COc1ncc(-c2ccc(C)nc2)cc1N. The van der Waals surface area contributed by atoms with Crippen molar-refractivity contribution in [2.75, 3.05) is 12.8 Å². The van der Waals surface area contributed by atoms with E-state index in [1.165, 1.54) is 0 Å². The van der Waals surface area contributed by atoms with E-state index in [0.29, 0.717) is 11.6 Å². The van der Waals surface area contributed by atoms with Crippen molar-refractivity contribution in [3.63, 3.8) is 0 Å². The summed E-state index contributed by atoms with van der Waals surface area (Å²) in [5, 5.41) is 0. The lowest BCUT2D eigenvalue weighted by Crippen LogP contribution is -1.95. The standard InChI is InChI=1S/C12H13N3O/c1-8-3-4-9(6-14-8)10-5-11(13)12(16-2)15-7-10/h3-7H,13H2,1-2H3. The molecule has 0 saturated heterocycles. The summed E-state index contributed by atoms with van der Waals surface area (Å²) in [6.45, 7) is 1.95. The molecule has 0 aliphatic rings. The molecular weight excluding hydrogens is 202 g/mol. The molecule has 0 unspecified atom stereocenters. The molecular formula is C12H13N3O. The molecule has 0 aliphatic heterocycles. The number of nitrogens with two attached hydrogens (primary N) is 1. The van der Waals surface area contributed by atoms with Gasteiger partial charge in [0.2, 0.25) is 5.88 Å². The third-order valence-corrected chi connectivity index (χ3v) is 2.32. The van der Waals surface area contributed by atoms with Crippen molar-refractivity contribution in [1.82, 2.24) is 9.97 Å². The Balaban J connectivity index is 2.41. The number of hydrogen-bond acceptors (Lipinski definition) is 4. The Labute approximate surface area is 94.1 Å². The number of pyridine rings is 2. The van der Waals surface area contributed by atoms with Gasteiger partial charge in [0, 0.05) is 29.2 Å². The lowest BCUT2D eigenvalue weighted by atomic mass is 10.1. The molecule has 0 saturated carbocycles. The van der Waals surface area contributed by atoms with Crippen LogP contribution in [0, 0.1) is 6.92 Å². The van der Waals surface area contributed by atoms with Crippen LogP contribution in [0.1, 0.15) is 5.69 Å². The summed E-state index contributed by atoms with van der Waals surface area (Å²) >= 11 is 0. The van der Waals surface area contributed by atoms with E-state index in [9.17, 15) is 0 Å². The quantitative estimate of drug-likeness (QED) is 0.832. The summed E-state index contributed by atoms with van der Waals surface area (Å²) in [6, 6.07) is 5.78. The molecule has 2 rings (SSSR count). The van der Waals surface area contributed by atoms with Gasteiger partial charge in [0.25, 0.3) is 0 Å². The highest BCUT2D eigenvalue weighted by Crippen LogP contribution is 2.25. The Bertz CT molecular complexity index is 494. The average molecular weight is 215 g/mol. The van der Waals surface area contributed by atoms with Crippen LogP contribution < -0.4 is 10.5 Å². The molecule has 16 heavy (non-hydrogen) atoms. The van der Waals surface area contributed by atoms with Crippen LogP contribution in [0.2, 0.25) is 0 Å². The molecule has 2 heterocycles. The zero-order chi connectivity index (χ0) is 11.5. The average Bonchev–Trinajstić information content (AvgIpc) is 2.30. The van der Waals surface area contributed by atoms with Crippen LogP contribution in [0.3, 0.4) is 0 Å². The molecule has 0 amide bonds. The first-order valence-electron chi connectivity index (χ1n) is 4.93. The largest absolute Gasteiger partial charge is 0.480 e. The van der Waals surface area contributed by atoms with Crippen molar-refractivity contribution in [2.24, 2.45) is 0 Å². The van der Waals surface area contributed by atoms with E-state index in [2.05, 4.69) is 9.97 Å². The summed E-state index contributed by atoms with van der Waals surface area (Å²) < 4.78 is 5.00. The molecule has 0 bridgehead atoms. The molecule has 82 valence electrons. The van der Waals surface area contributed by atoms with Crippen molar-refractivity contribution >= 4 is 5.69 Å². The highest BCUT2D eigenvalue weighted by molar-refractivity contribution is 5.67. The predicted octanol–water partition coefficient (Wildman–Crippen LogP) is 2.04. The van der Waals surface area contributed by atoms with Gasteiger partial charge < -0.3 is 10.5 Å². The number of rotatable bonds is 2. The van der Waals surface area contributed by atoms with Gasteiger partial charge in [-0.15, -0.1) is 0 Å². The predicted molar refractivity (Wildman–Crippen MR) is 63.2 cm³/mol. The van der Waals surface area contributed by atoms with Crippen molar-refractivity contribution in [3.05, 3.63) is 36.3 Å². The zero-order valence-corrected chi connectivity index (χ0v) is 9.27. The molecule has 0 aromatic carbocycles. The first-order valence-corrected chi connectivity index (χ1v) is 4.93. The maximum Gasteiger partial charge on any atom is 0.236 e. The van der Waals surface area contributed by atoms with Gasteiger partial charge in [-0.25, -0.2) is 4.98 Å². The van der Waals surface area contributed by atoms with E-state index < -0.39 is 0 Å². The van der Waals surface area contributed by atoms with Crippen LogP contribution in [0.4, 0.5) is 5.69 Å². The van der Waals surface area contributed by atoms with Gasteiger partial charge in [-0.2, -0.15) is 0 Å². The van der Waals surface area contributed by atoms with E-state index in [1.54, 1.807) is 19.5 Å². The third kappa shape index (κ3) is 1.95. The summed E-state index contributed by atoms with van der Waals surface area (Å²) in [4.78, 5) is 8.35. The van der Waals surface area contributed by atoms with Crippen LogP contribution in [-0.2, 0) is 0 Å². The Morgan fingerprint density at radius 3 is 2.44 bits per heavy atom. The van der Waals surface area contributed by atoms with Crippen LogP contribution >= 0.6 is 0 Å². The smallest absolute Gasteiger partial charge is 0.236 e. The molecule has 2 aromatic rings. The number of aryl methyl sites for hydroxylation is 1. The molecule has 2 aromatic heterocycles. The lowest BCUT2D eigenvalue weighted by molar-refractivity contribution is 0.400. The third-order valence-electron chi connectivity index (χ3n) is 2.32. The molecule has 4 heteroatoms. The Morgan fingerprint density at radius 2 is 1.88 bits per heavy atom. The van der Waals surface area contributed by atoms with Crippen molar-refractivity contribution in [1.29, 1.82) is 0 Å². The van der Waals surface area contributed by atoms with Crippen molar-refractivity contribution < 1.29 is 4.74 Å². The van der Waals surface area contributed by atoms with Gasteiger partial charge in [-0.1, -0.05) is 6.07 Å². The zero-order valence-electron chi connectivity index (χ0n) is 9.27. The first kappa shape index (κ1) is 10.4. The van der Waals surface area contributed by atoms with Gasteiger partial charge in [0.15, 0.2) is 0 Å².